The number of aryl methyl sites for hydroxylation is 1. The molecule has 2 rings (SSSR count). The molecule has 0 radical (unpaired) electrons. The normalized spacial score (nSPS) is 13.4. The van der Waals surface area contributed by atoms with Gasteiger partial charge in [-0.25, -0.2) is 4.52 Å². The van der Waals surface area contributed by atoms with Gasteiger partial charge in [-0.1, -0.05) is 0 Å². The molecular weight excluding hydrogens is 261 g/mol. The molecule has 0 fully saturated rings. The Labute approximate surface area is 105 Å². The quantitative estimate of drug-likeness (QED) is 0.830. The summed E-state index contributed by atoms with van der Waals surface area (Å²) in [5.74, 6) is -2.21. The molecule has 0 bridgehead atoms. The van der Waals surface area contributed by atoms with Crippen LogP contribution < -0.4 is 5.56 Å². The molecule has 2 aromatic heterocycles. The molecule has 2 aromatic rings. The van der Waals surface area contributed by atoms with Gasteiger partial charge in [0.1, 0.15) is 5.52 Å². The molecule has 0 saturated heterocycles. The number of hydrogen-bond acceptors (Lipinski definition) is 3. The van der Waals surface area contributed by atoms with Crippen LogP contribution in [-0.2, 0) is 6.54 Å². The Morgan fingerprint density at radius 3 is 2.74 bits per heavy atom. The van der Waals surface area contributed by atoms with Crippen LogP contribution in [-0.4, -0.2) is 20.4 Å². The van der Waals surface area contributed by atoms with Gasteiger partial charge in [-0.2, -0.15) is 23.5 Å². The van der Waals surface area contributed by atoms with E-state index < -0.39 is 24.2 Å². The number of rotatable bonds is 2. The van der Waals surface area contributed by atoms with Crippen LogP contribution in [0, 0.1) is 24.2 Å². The van der Waals surface area contributed by atoms with Crippen LogP contribution in [0.3, 0.4) is 0 Å². The van der Waals surface area contributed by atoms with Gasteiger partial charge in [-0.15, -0.1) is 0 Å². The smallest absolute Gasteiger partial charge is 0.310 e. The molecule has 0 N–H and O–H groups in total. The number of nitrogens with zero attached hydrogens (tertiary/aromatic N) is 4. The monoisotopic (exact) mass is 270 g/mol. The summed E-state index contributed by atoms with van der Waals surface area (Å²) in [7, 11) is 0. The van der Waals surface area contributed by atoms with Crippen molar-refractivity contribution >= 4 is 5.52 Å². The van der Waals surface area contributed by atoms with Crippen molar-refractivity contribution in [2.24, 2.45) is 5.92 Å². The minimum Gasteiger partial charge on any atom is -0.310 e. The van der Waals surface area contributed by atoms with Crippen molar-refractivity contribution in [3.05, 3.63) is 34.5 Å². The zero-order valence-electron chi connectivity index (χ0n) is 9.85. The highest BCUT2D eigenvalue weighted by molar-refractivity contribution is 5.44. The first-order valence-electron chi connectivity index (χ1n) is 5.34. The molecule has 1 unspecified atom stereocenters. The lowest BCUT2D eigenvalue weighted by atomic mass is 10.1. The minimum absolute atomic E-state index is 0.180. The maximum atomic E-state index is 12.5. The third-order valence-electron chi connectivity index (χ3n) is 2.66. The van der Waals surface area contributed by atoms with Gasteiger partial charge < -0.3 is 4.57 Å². The fourth-order valence-electron chi connectivity index (χ4n) is 1.71. The van der Waals surface area contributed by atoms with Gasteiger partial charge in [0, 0.05) is 12.4 Å². The fourth-order valence-corrected chi connectivity index (χ4v) is 1.71. The number of halogens is 3. The van der Waals surface area contributed by atoms with Crippen LogP contribution in [0.2, 0.25) is 0 Å². The van der Waals surface area contributed by atoms with E-state index in [9.17, 15) is 18.0 Å². The molecule has 0 aliphatic rings. The number of alkyl halides is 3. The van der Waals surface area contributed by atoms with E-state index in [4.69, 9.17) is 5.26 Å². The van der Waals surface area contributed by atoms with Crippen molar-refractivity contribution in [1.29, 1.82) is 5.26 Å². The molecule has 0 aromatic carbocycles. The number of hydrogen-bond donors (Lipinski definition) is 0. The number of aromatic nitrogens is 3. The molecule has 0 spiro atoms. The number of fused-ring (bicyclic) bond motifs is 1. The van der Waals surface area contributed by atoms with Gasteiger partial charge >= 0.3 is 6.18 Å². The van der Waals surface area contributed by atoms with E-state index in [1.54, 1.807) is 6.92 Å². The van der Waals surface area contributed by atoms with Crippen molar-refractivity contribution < 1.29 is 13.2 Å². The lowest BCUT2D eigenvalue weighted by Gasteiger charge is -2.14. The third kappa shape index (κ3) is 2.45. The lowest BCUT2D eigenvalue weighted by Crippen LogP contribution is -2.31. The summed E-state index contributed by atoms with van der Waals surface area (Å²) in [5, 5.41) is 12.5. The van der Waals surface area contributed by atoms with E-state index in [0.29, 0.717) is 5.69 Å². The Morgan fingerprint density at radius 1 is 1.47 bits per heavy atom. The second-order valence-corrected chi connectivity index (χ2v) is 4.09. The molecule has 0 amide bonds. The summed E-state index contributed by atoms with van der Waals surface area (Å²) in [6.45, 7) is 0.949. The molecule has 1 atom stereocenters. The van der Waals surface area contributed by atoms with Crippen LogP contribution in [0.4, 0.5) is 13.2 Å². The third-order valence-corrected chi connectivity index (χ3v) is 2.66. The van der Waals surface area contributed by atoms with E-state index in [1.807, 2.05) is 0 Å². The van der Waals surface area contributed by atoms with E-state index in [-0.39, 0.29) is 5.52 Å². The average Bonchev–Trinajstić information content (AvgIpc) is 2.68. The molecule has 5 nitrogen and oxygen atoms in total. The highest BCUT2D eigenvalue weighted by Gasteiger charge is 2.40. The maximum absolute atomic E-state index is 12.5. The molecule has 100 valence electrons. The first kappa shape index (κ1) is 13.1. The Hall–Kier alpha value is -2.30. The zero-order valence-corrected chi connectivity index (χ0v) is 9.85. The fraction of sp³-hybridized carbons (Fsp3) is 0.364. The standard InChI is InChI=1S/C11H9F3N4O/c1-7-4-9-10(19)17(2-3-18(9)16-7)6-8(5-15)11(12,13)14/h2-4,8H,6H2,1H3. The molecule has 0 aliphatic heterocycles. The topological polar surface area (TPSA) is 63.1 Å². The predicted octanol–water partition coefficient (Wildman–Crippen LogP) is 1.51. The van der Waals surface area contributed by atoms with Gasteiger partial charge in [-0.05, 0) is 13.0 Å². The van der Waals surface area contributed by atoms with Gasteiger partial charge in [-0.3, -0.25) is 4.79 Å². The summed E-state index contributed by atoms with van der Waals surface area (Å²) >= 11 is 0. The molecule has 0 saturated carbocycles. The summed E-state index contributed by atoms with van der Waals surface area (Å²) in [6.07, 6.45) is -2.08. The van der Waals surface area contributed by atoms with E-state index >= 15 is 0 Å². The molecule has 2 heterocycles. The van der Waals surface area contributed by atoms with Crippen LogP contribution in [0.25, 0.3) is 5.52 Å². The van der Waals surface area contributed by atoms with E-state index in [2.05, 4.69) is 5.10 Å². The SMILES string of the molecule is Cc1cc2c(=O)n(CC(C#N)C(F)(F)F)ccn2n1. The minimum atomic E-state index is -4.66. The second-order valence-electron chi connectivity index (χ2n) is 4.09. The van der Waals surface area contributed by atoms with Gasteiger partial charge in [0.25, 0.3) is 5.56 Å². The predicted molar refractivity (Wildman–Crippen MR) is 59.3 cm³/mol. The largest absolute Gasteiger partial charge is 0.406 e. The number of nitriles is 1. The van der Waals surface area contributed by atoms with Crippen molar-refractivity contribution in [3.8, 4) is 6.07 Å². The summed E-state index contributed by atoms with van der Waals surface area (Å²) in [5.41, 5.74) is 0.161. The van der Waals surface area contributed by atoms with E-state index in [0.717, 1.165) is 10.6 Å². The van der Waals surface area contributed by atoms with Crippen LogP contribution in [0.5, 0.6) is 0 Å². The van der Waals surface area contributed by atoms with Crippen LogP contribution in [0.15, 0.2) is 23.3 Å². The first-order chi connectivity index (χ1) is 8.82. The van der Waals surface area contributed by atoms with Crippen LogP contribution >= 0.6 is 0 Å². The van der Waals surface area contributed by atoms with Crippen molar-refractivity contribution in [2.45, 2.75) is 19.6 Å². The highest BCUT2D eigenvalue weighted by atomic mass is 19.4. The highest BCUT2D eigenvalue weighted by Crippen LogP contribution is 2.26. The lowest BCUT2D eigenvalue weighted by molar-refractivity contribution is -0.162. The Bertz CT molecular complexity index is 707. The Kier molecular flexibility index (Phi) is 3.06. The molecule has 8 heteroatoms. The zero-order chi connectivity index (χ0) is 14.2. The van der Waals surface area contributed by atoms with Gasteiger partial charge in [0.2, 0.25) is 0 Å². The maximum Gasteiger partial charge on any atom is 0.406 e. The molecule has 0 aliphatic carbocycles. The first-order valence-corrected chi connectivity index (χ1v) is 5.34. The van der Waals surface area contributed by atoms with E-state index in [1.165, 1.54) is 23.0 Å². The average molecular weight is 270 g/mol. The summed E-state index contributed by atoms with van der Waals surface area (Å²) in [4.78, 5) is 11.9. The molecule has 19 heavy (non-hydrogen) atoms. The van der Waals surface area contributed by atoms with Crippen molar-refractivity contribution in [2.75, 3.05) is 0 Å². The second kappa shape index (κ2) is 4.42. The van der Waals surface area contributed by atoms with Crippen LogP contribution in [0.1, 0.15) is 5.69 Å². The van der Waals surface area contributed by atoms with Crippen molar-refractivity contribution in [1.82, 2.24) is 14.2 Å². The van der Waals surface area contributed by atoms with Gasteiger partial charge in [0.05, 0.1) is 18.3 Å². The Balaban J connectivity index is 2.44. The van der Waals surface area contributed by atoms with Crippen molar-refractivity contribution in [3.63, 3.8) is 0 Å². The summed E-state index contributed by atoms with van der Waals surface area (Å²) < 4.78 is 39.7. The summed E-state index contributed by atoms with van der Waals surface area (Å²) in [6, 6.07) is 2.64. The Morgan fingerprint density at radius 2 is 2.16 bits per heavy atom. The molecular formula is C11H9F3N4O. The van der Waals surface area contributed by atoms with Gasteiger partial charge in [0.15, 0.2) is 5.92 Å².